The van der Waals surface area contributed by atoms with Gasteiger partial charge in [0.05, 0.1) is 0 Å². The number of nitrogens with two attached hydrogens (primary N) is 1. The molecule has 0 spiro atoms. The van der Waals surface area contributed by atoms with Gasteiger partial charge in [-0.15, -0.1) is 0 Å². The average molecular weight is 197 g/mol. The largest absolute Gasteiger partial charge is 0.456 e. The molecule has 2 nitrogen and oxygen atoms in total. The topological polar surface area (TPSA) is 39.2 Å². The zero-order valence-electron chi connectivity index (χ0n) is 8.23. The Morgan fingerprint density at radius 2 is 1.73 bits per heavy atom. The Morgan fingerprint density at radius 1 is 0.933 bits per heavy atom. The number of hydrogen-bond acceptors (Lipinski definition) is 2. The summed E-state index contributed by atoms with van der Waals surface area (Å²) in [4.78, 5) is 0. The van der Waals surface area contributed by atoms with Crippen molar-refractivity contribution in [1.29, 1.82) is 0 Å². The monoisotopic (exact) mass is 197 g/mol. The highest BCUT2D eigenvalue weighted by atomic mass is 16.3. The summed E-state index contributed by atoms with van der Waals surface area (Å²) >= 11 is 0. The number of hydrogen-bond donors (Lipinski definition) is 1. The van der Waals surface area contributed by atoms with Crippen LogP contribution in [-0.2, 0) is 6.54 Å². The number of para-hydroxylation sites is 1. The highest BCUT2D eigenvalue weighted by Crippen LogP contribution is 2.30. The van der Waals surface area contributed by atoms with Gasteiger partial charge in [0.15, 0.2) is 0 Å². The minimum Gasteiger partial charge on any atom is -0.456 e. The lowest BCUT2D eigenvalue weighted by atomic mass is 10.1. The van der Waals surface area contributed by atoms with Gasteiger partial charge in [-0.3, -0.25) is 0 Å². The van der Waals surface area contributed by atoms with Gasteiger partial charge in [-0.2, -0.15) is 0 Å². The van der Waals surface area contributed by atoms with Gasteiger partial charge in [-0.25, -0.2) is 0 Å². The third kappa shape index (κ3) is 1.15. The van der Waals surface area contributed by atoms with Gasteiger partial charge >= 0.3 is 0 Å². The first kappa shape index (κ1) is 8.50. The van der Waals surface area contributed by atoms with Gasteiger partial charge < -0.3 is 10.2 Å². The fraction of sp³-hybridized carbons (Fsp3) is 0.0769. The lowest BCUT2D eigenvalue weighted by Gasteiger charge is -1.97. The number of rotatable bonds is 1. The first-order valence-electron chi connectivity index (χ1n) is 4.99. The molecule has 0 amide bonds. The molecule has 0 bridgehead atoms. The Balaban J connectivity index is 2.56. The molecule has 2 aromatic carbocycles. The molecule has 0 unspecified atom stereocenters. The van der Waals surface area contributed by atoms with Gasteiger partial charge in [0.1, 0.15) is 11.2 Å². The molecule has 0 aliphatic carbocycles. The molecule has 1 heterocycles. The lowest BCUT2D eigenvalue weighted by molar-refractivity contribution is 0.668. The van der Waals surface area contributed by atoms with Crippen LogP contribution in [0.3, 0.4) is 0 Å². The first-order chi connectivity index (χ1) is 7.40. The van der Waals surface area contributed by atoms with E-state index in [0.717, 1.165) is 27.5 Å². The second-order valence-corrected chi connectivity index (χ2v) is 3.59. The van der Waals surface area contributed by atoms with Crippen molar-refractivity contribution < 1.29 is 4.42 Å². The smallest absolute Gasteiger partial charge is 0.135 e. The summed E-state index contributed by atoms with van der Waals surface area (Å²) < 4.78 is 5.74. The molecule has 0 aliphatic rings. The predicted octanol–water partition coefficient (Wildman–Crippen LogP) is 3.04. The van der Waals surface area contributed by atoms with Crippen molar-refractivity contribution in [3.63, 3.8) is 0 Å². The lowest BCUT2D eigenvalue weighted by Crippen LogP contribution is -1.95. The molecule has 0 saturated carbocycles. The zero-order valence-corrected chi connectivity index (χ0v) is 8.23. The van der Waals surface area contributed by atoms with Gasteiger partial charge in [0, 0.05) is 17.3 Å². The highest BCUT2D eigenvalue weighted by molar-refractivity contribution is 6.06. The molecule has 0 saturated heterocycles. The highest BCUT2D eigenvalue weighted by Gasteiger charge is 2.08. The van der Waals surface area contributed by atoms with Crippen LogP contribution in [0.2, 0.25) is 0 Å². The third-order valence-electron chi connectivity index (χ3n) is 2.71. The van der Waals surface area contributed by atoms with Crippen LogP contribution in [-0.4, -0.2) is 0 Å². The maximum absolute atomic E-state index is 5.74. The van der Waals surface area contributed by atoms with Crippen molar-refractivity contribution in [2.45, 2.75) is 6.54 Å². The molecular formula is C13H11NO. The van der Waals surface area contributed by atoms with E-state index in [1.807, 2.05) is 36.4 Å². The van der Waals surface area contributed by atoms with Gasteiger partial charge in [0.25, 0.3) is 0 Å². The van der Waals surface area contributed by atoms with E-state index < -0.39 is 0 Å². The molecule has 0 radical (unpaired) electrons. The molecule has 15 heavy (non-hydrogen) atoms. The predicted molar refractivity (Wildman–Crippen MR) is 61.6 cm³/mol. The maximum atomic E-state index is 5.74. The van der Waals surface area contributed by atoms with E-state index in [1.54, 1.807) is 0 Å². The molecule has 2 heteroatoms. The summed E-state index contributed by atoms with van der Waals surface area (Å²) in [7, 11) is 0. The van der Waals surface area contributed by atoms with Gasteiger partial charge in [0.2, 0.25) is 0 Å². The Labute approximate surface area is 87.3 Å². The Kier molecular flexibility index (Phi) is 1.76. The molecule has 2 N–H and O–H groups in total. The van der Waals surface area contributed by atoms with Gasteiger partial charge in [-0.05, 0) is 17.7 Å². The summed E-state index contributed by atoms with van der Waals surface area (Å²) in [6.45, 7) is 0.543. The van der Waals surface area contributed by atoms with E-state index >= 15 is 0 Å². The van der Waals surface area contributed by atoms with E-state index in [4.69, 9.17) is 10.2 Å². The van der Waals surface area contributed by atoms with E-state index in [0.29, 0.717) is 6.54 Å². The molecule has 3 rings (SSSR count). The maximum Gasteiger partial charge on any atom is 0.135 e. The summed E-state index contributed by atoms with van der Waals surface area (Å²) in [6.07, 6.45) is 0. The Morgan fingerprint density at radius 3 is 2.60 bits per heavy atom. The SMILES string of the molecule is NCc1cccc2oc3ccccc3c12. The minimum absolute atomic E-state index is 0.543. The van der Waals surface area contributed by atoms with E-state index in [-0.39, 0.29) is 0 Å². The second kappa shape index (κ2) is 3.11. The van der Waals surface area contributed by atoms with Crippen LogP contribution >= 0.6 is 0 Å². The van der Waals surface area contributed by atoms with Crippen molar-refractivity contribution in [2.75, 3.05) is 0 Å². The third-order valence-corrected chi connectivity index (χ3v) is 2.71. The summed E-state index contributed by atoms with van der Waals surface area (Å²) in [6, 6.07) is 14.1. The van der Waals surface area contributed by atoms with Crippen LogP contribution in [0.5, 0.6) is 0 Å². The van der Waals surface area contributed by atoms with Crippen molar-refractivity contribution in [2.24, 2.45) is 5.73 Å². The quantitative estimate of drug-likeness (QED) is 0.651. The number of furan rings is 1. The van der Waals surface area contributed by atoms with Crippen molar-refractivity contribution in [3.8, 4) is 0 Å². The molecule has 0 aliphatic heterocycles. The average Bonchev–Trinajstić information content (AvgIpc) is 2.67. The Bertz CT molecular complexity index is 625. The normalized spacial score (nSPS) is 11.3. The van der Waals surface area contributed by atoms with Crippen LogP contribution in [0, 0.1) is 0 Å². The van der Waals surface area contributed by atoms with Crippen LogP contribution in [0.25, 0.3) is 21.9 Å². The molecule has 0 fully saturated rings. The van der Waals surface area contributed by atoms with E-state index in [2.05, 4.69) is 6.07 Å². The molecule has 0 atom stereocenters. The standard InChI is InChI=1S/C13H11NO/c14-8-9-4-3-7-12-13(9)10-5-1-2-6-11(10)15-12/h1-7H,8,14H2. The number of fused-ring (bicyclic) bond motifs is 3. The summed E-state index contributed by atoms with van der Waals surface area (Å²) in [5, 5.41) is 2.30. The molecular weight excluding hydrogens is 186 g/mol. The molecule has 3 aromatic rings. The van der Waals surface area contributed by atoms with Crippen LogP contribution in [0.15, 0.2) is 46.9 Å². The fourth-order valence-electron chi connectivity index (χ4n) is 2.02. The molecule has 74 valence electrons. The molecule has 1 aromatic heterocycles. The van der Waals surface area contributed by atoms with Gasteiger partial charge in [-0.1, -0.05) is 30.3 Å². The Hall–Kier alpha value is -1.80. The van der Waals surface area contributed by atoms with Crippen LogP contribution in [0.1, 0.15) is 5.56 Å². The van der Waals surface area contributed by atoms with E-state index in [9.17, 15) is 0 Å². The van der Waals surface area contributed by atoms with E-state index in [1.165, 1.54) is 0 Å². The summed E-state index contributed by atoms with van der Waals surface area (Å²) in [5.41, 5.74) is 8.70. The van der Waals surface area contributed by atoms with Crippen molar-refractivity contribution in [3.05, 3.63) is 48.0 Å². The second-order valence-electron chi connectivity index (χ2n) is 3.59. The van der Waals surface area contributed by atoms with Crippen LogP contribution < -0.4 is 5.73 Å². The summed E-state index contributed by atoms with van der Waals surface area (Å²) in [5.74, 6) is 0. The van der Waals surface area contributed by atoms with Crippen molar-refractivity contribution >= 4 is 21.9 Å². The van der Waals surface area contributed by atoms with Crippen LogP contribution in [0.4, 0.5) is 0 Å². The fourth-order valence-corrected chi connectivity index (χ4v) is 2.02. The van der Waals surface area contributed by atoms with Crippen molar-refractivity contribution in [1.82, 2.24) is 0 Å². The zero-order chi connectivity index (χ0) is 10.3. The number of benzene rings is 2. The first-order valence-corrected chi connectivity index (χ1v) is 4.99. The minimum atomic E-state index is 0.543.